The van der Waals surface area contributed by atoms with Crippen LogP contribution in [-0.4, -0.2) is 99.1 Å². The fourth-order valence-electron chi connectivity index (χ4n) is 11.1. The first-order valence-electron chi connectivity index (χ1n) is 32.1. The third kappa shape index (κ3) is 24.7. The number of nitriles is 1. The van der Waals surface area contributed by atoms with Crippen LogP contribution >= 0.6 is 0 Å². The van der Waals surface area contributed by atoms with E-state index in [1.807, 2.05) is 139 Å². The van der Waals surface area contributed by atoms with E-state index >= 15 is 0 Å². The Labute approximate surface area is 613 Å². The van der Waals surface area contributed by atoms with Crippen LogP contribution < -0.4 is 38.0 Å². The quantitative estimate of drug-likeness (QED) is 0.0258. The topological polar surface area (TPSA) is 243 Å². The van der Waals surface area contributed by atoms with Gasteiger partial charge in [0.25, 0.3) is 5.91 Å². The van der Waals surface area contributed by atoms with E-state index in [1.165, 1.54) is 45.1 Å². The maximum atomic E-state index is 13.1. The van der Waals surface area contributed by atoms with E-state index in [4.69, 9.17) is 28.4 Å². The number of aromatic nitrogens is 4. The summed E-state index contributed by atoms with van der Waals surface area (Å²) in [5.74, 6) is -0.468. The molecule has 11 rings (SSSR count). The molecule has 2 aromatic heterocycles. The summed E-state index contributed by atoms with van der Waals surface area (Å²) in [6.07, 6.45) is 2.24. The molecule has 2 atom stereocenters. The molecule has 510 valence electrons. The van der Waals surface area contributed by atoms with Gasteiger partial charge in [-0.3, -0.25) is 9.59 Å². The summed E-state index contributed by atoms with van der Waals surface area (Å²) < 4.78 is 5.56. The number of aliphatic hydroxyl groups is 2. The average Bonchev–Trinajstić information content (AvgIpc) is 1.67. The van der Waals surface area contributed by atoms with Gasteiger partial charge in [-0.2, -0.15) is 45.8 Å². The SMILES string of the molecule is C[Si](C)(C)N(c1c[c-]ccc1)[Si](C)(C)C.Cc1cc(C(=O)O)n(-c2cccc(C#N)c2)n1.Cc1ccc(C(O)c2cccc(N)c2)c(C)c1.Cc1ccc(C=O)c(C)c1.NCC1CC1.[Br-].[C-]#[N+]c1cccc(-n2nc(C)cc2C(=O)Nc2cccc(C(O)c3ccc(C)cc3C)c2)c1.[Mg+2]. The molecule has 8 aromatic carbocycles. The monoisotopic (exact) mass is 1430 g/mol. The van der Waals surface area contributed by atoms with Gasteiger partial charge in [0.15, 0.2) is 11.4 Å². The Bertz CT molecular complexity index is 4400. The van der Waals surface area contributed by atoms with Crippen molar-refractivity contribution in [2.75, 3.05) is 21.8 Å². The van der Waals surface area contributed by atoms with E-state index in [-0.39, 0.29) is 51.6 Å². The molecule has 0 spiro atoms. The molecule has 99 heavy (non-hydrogen) atoms. The molecule has 1 saturated carbocycles. The van der Waals surface area contributed by atoms with Crippen molar-refractivity contribution in [3.05, 3.63) is 295 Å². The van der Waals surface area contributed by atoms with Crippen LogP contribution in [0.2, 0.25) is 39.3 Å². The minimum Gasteiger partial charge on any atom is -1.00 e. The Morgan fingerprint density at radius 1 is 0.677 bits per heavy atom. The number of nitrogens with zero attached hydrogens (tertiary/aromatic N) is 7. The van der Waals surface area contributed by atoms with Crippen molar-refractivity contribution in [1.29, 1.82) is 5.26 Å². The van der Waals surface area contributed by atoms with Gasteiger partial charge in [-0.25, -0.2) is 19.0 Å². The maximum absolute atomic E-state index is 13.1. The number of rotatable bonds is 14. The first-order chi connectivity index (χ1) is 45.9. The van der Waals surface area contributed by atoms with E-state index in [9.17, 15) is 24.6 Å². The fraction of sp³-hybridized carbons (Fsp3) is 0.253. The molecule has 10 aromatic rings. The fourth-order valence-corrected chi connectivity index (χ4v) is 20.9. The van der Waals surface area contributed by atoms with Gasteiger partial charge in [0.1, 0.15) is 40.7 Å². The normalized spacial score (nSPS) is 11.7. The molecule has 8 N–H and O–H groups in total. The molecule has 1 amide bonds. The summed E-state index contributed by atoms with van der Waals surface area (Å²) in [7, 11) is -2.58. The van der Waals surface area contributed by atoms with Crippen LogP contribution in [-0.2, 0) is 0 Å². The molecular weight excluding hydrogens is 1350 g/mol. The first kappa shape index (κ1) is 82.4. The Hall–Kier alpha value is -9.07. The van der Waals surface area contributed by atoms with Crippen LogP contribution in [0.4, 0.5) is 22.7 Å². The van der Waals surface area contributed by atoms with Crippen molar-refractivity contribution < 1.29 is 46.7 Å². The van der Waals surface area contributed by atoms with E-state index < -0.39 is 34.6 Å². The van der Waals surface area contributed by atoms with E-state index in [1.54, 1.807) is 79.7 Å². The summed E-state index contributed by atoms with van der Waals surface area (Å²) in [6, 6.07) is 62.8. The van der Waals surface area contributed by atoms with Crippen LogP contribution in [0, 0.1) is 85.3 Å². The van der Waals surface area contributed by atoms with Gasteiger partial charge in [-0.05, 0) is 186 Å². The van der Waals surface area contributed by atoms with Gasteiger partial charge in [0.2, 0.25) is 0 Å². The standard InChI is InChI=1S/C27H24N4O2.C15H17NO.C12H9N3O2.C12H22NSi2.C9H10O.C4H9N.BrH.Mg/c1-17-11-12-24(18(2)13-17)26(32)20-7-5-9-22(15-20)29-27(33)25-14-19(3)30-31(25)23-10-6-8-21(16-23)28-4;1-10-6-7-14(11(2)8-10)15(17)12-4-3-5-13(16)9-12;1-8-5-11(12(16)17)15(14-8)10-4-2-3-9(6-10)7-13;1-14(2,3)13(15(4,5)6)12-10-8-7-9-11-12;1-7-3-4-9(6-10)8(2)5-7;5-3-4-1-2-4;;/h5-16,26,32H,1-3H3,(H,29,33);3-9,15,17H,16H2,1-2H3;2-6H,1H3,(H,16,17);7-8,10-11H,1-6H3;3-6H,1-2H3;4H,1-3,5H2;1H;/q;;;-1;;;;+2/p-1. The van der Waals surface area contributed by atoms with Crippen molar-refractivity contribution in [2.45, 2.75) is 120 Å². The molecule has 1 aliphatic carbocycles. The number of hydrogen-bond acceptors (Lipinski definition) is 11. The second-order valence-electron chi connectivity index (χ2n) is 26.1. The number of aromatic carboxylic acids is 1. The van der Waals surface area contributed by atoms with Crippen molar-refractivity contribution in [2.24, 2.45) is 11.7 Å². The second kappa shape index (κ2) is 38.3. The first-order valence-corrected chi connectivity index (χ1v) is 39.0. The molecule has 20 heteroatoms. The van der Waals surface area contributed by atoms with Crippen molar-refractivity contribution in [1.82, 2.24) is 19.6 Å². The van der Waals surface area contributed by atoms with Crippen LogP contribution in [0.5, 0.6) is 0 Å². The largest absolute Gasteiger partial charge is 2.00 e. The smallest absolute Gasteiger partial charge is 1.00 e. The maximum Gasteiger partial charge on any atom is 2.00 e. The summed E-state index contributed by atoms with van der Waals surface area (Å²) in [5.41, 5.74) is 28.2. The number of nitrogen functional groups attached to an aromatic ring is 1. The molecule has 0 aliphatic heterocycles. The van der Waals surface area contributed by atoms with Crippen molar-refractivity contribution >= 4 is 80.4 Å². The average molecular weight is 1440 g/mol. The number of benzene rings is 8. The third-order valence-corrected chi connectivity index (χ3v) is 22.8. The van der Waals surface area contributed by atoms with Crippen LogP contribution in [0.25, 0.3) is 16.2 Å². The molecule has 0 radical (unpaired) electrons. The van der Waals surface area contributed by atoms with E-state index in [2.05, 4.69) is 94.2 Å². The van der Waals surface area contributed by atoms with Gasteiger partial charge in [0.05, 0.1) is 41.0 Å². The minimum absolute atomic E-state index is 0. The number of nitrogens with one attached hydrogen (secondary N) is 1. The molecule has 2 heterocycles. The molecule has 1 aliphatic rings. The molecular formula is C79H91BrMgN10O6Si2. The van der Waals surface area contributed by atoms with Gasteiger partial charge in [-0.1, -0.05) is 159 Å². The van der Waals surface area contributed by atoms with E-state index in [0.717, 1.165) is 63.3 Å². The zero-order chi connectivity index (χ0) is 71.3. The number of carboxylic acids is 1. The van der Waals surface area contributed by atoms with Crippen LogP contribution in [0.15, 0.2) is 188 Å². The third-order valence-electron chi connectivity index (χ3n) is 15.5. The predicted molar refractivity (Wildman–Crippen MR) is 403 cm³/mol. The number of aldehydes is 1. The number of nitrogens with two attached hydrogens (primary N) is 2. The number of aliphatic hydroxyl groups excluding tert-OH is 2. The van der Waals surface area contributed by atoms with Crippen LogP contribution in [0.3, 0.4) is 0 Å². The number of anilines is 3. The Morgan fingerprint density at radius 3 is 1.65 bits per heavy atom. The summed E-state index contributed by atoms with van der Waals surface area (Å²) in [6.45, 7) is 38.2. The number of carbonyl (C=O) groups is 3. The summed E-state index contributed by atoms with van der Waals surface area (Å²) in [5, 5.41) is 50.6. The van der Waals surface area contributed by atoms with E-state index in [0.29, 0.717) is 56.6 Å². The van der Waals surface area contributed by atoms with Gasteiger partial charge in [-0.15, -0.1) is 0 Å². The number of carboxylic acid groups (broad SMARTS) is 1. The molecule has 0 bridgehead atoms. The molecule has 16 nitrogen and oxygen atoms in total. The Kier molecular flexibility index (Phi) is 31.9. The minimum atomic E-state index is -1.29. The number of hydrogen-bond donors (Lipinski definition) is 6. The van der Waals surface area contributed by atoms with Gasteiger partial charge in [0, 0.05) is 16.9 Å². The zero-order valence-corrected chi connectivity index (χ0v) is 64.3. The summed E-state index contributed by atoms with van der Waals surface area (Å²) >= 11 is 0. The number of halogens is 1. The Morgan fingerprint density at radius 2 is 1.18 bits per heavy atom. The van der Waals surface area contributed by atoms with Gasteiger partial charge >= 0.3 is 29.0 Å². The van der Waals surface area contributed by atoms with Crippen molar-refractivity contribution in [3.63, 3.8) is 0 Å². The Balaban J connectivity index is 0.000000271. The molecule has 0 saturated heterocycles. The predicted octanol–water partition coefficient (Wildman–Crippen LogP) is 13.5. The molecule has 1 fully saturated rings. The zero-order valence-electron chi connectivity index (χ0n) is 59.3. The van der Waals surface area contributed by atoms with Crippen LogP contribution in [0.1, 0.15) is 129 Å². The van der Waals surface area contributed by atoms with Crippen molar-refractivity contribution in [3.8, 4) is 17.4 Å². The number of aryl methyl sites for hydroxylation is 8. The molecule has 2 unspecified atom stereocenters. The summed E-state index contributed by atoms with van der Waals surface area (Å²) in [4.78, 5) is 38.0. The number of carbonyl (C=O) groups excluding carboxylic acids is 2. The second-order valence-corrected chi connectivity index (χ2v) is 36.2. The van der Waals surface area contributed by atoms with Gasteiger partial charge < -0.3 is 53.3 Å². The number of amides is 1.